The van der Waals surface area contributed by atoms with Gasteiger partial charge in [-0.25, -0.2) is 4.79 Å². The Kier molecular flexibility index (Phi) is 6.50. The molecule has 4 amide bonds. The molecule has 1 aromatic carbocycles. The van der Waals surface area contributed by atoms with Gasteiger partial charge in [0.1, 0.15) is 5.54 Å². The summed E-state index contributed by atoms with van der Waals surface area (Å²) in [6.45, 7) is 5.62. The summed E-state index contributed by atoms with van der Waals surface area (Å²) in [5.74, 6) is -0.534. The van der Waals surface area contributed by atoms with Gasteiger partial charge in [0.05, 0.1) is 10.0 Å². The molecule has 0 spiro atoms. The van der Waals surface area contributed by atoms with Crippen LogP contribution in [0.4, 0.5) is 10.5 Å². The molecule has 0 bridgehead atoms. The molecule has 8 nitrogen and oxygen atoms in total. The Morgan fingerprint density at radius 1 is 1.18 bits per heavy atom. The minimum absolute atomic E-state index is 0.0657. The summed E-state index contributed by atoms with van der Waals surface area (Å²) in [5.41, 5.74) is 1.01. The molecule has 2 atom stereocenters. The first-order valence-corrected chi connectivity index (χ1v) is 11.5. The van der Waals surface area contributed by atoms with Crippen LogP contribution in [0.2, 0.25) is 10.0 Å². The fourth-order valence-electron chi connectivity index (χ4n) is 4.42. The lowest BCUT2D eigenvalue weighted by molar-refractivity contribution is -0.133. The second-order valence-electron chi connectivity index (χ2n) is 8.48. The first-order chi connectivity index (χ1) is 15.7. The summed E-state index contributed by atoms with van der Waals surface area (Å²) in [4.78, 5) is 46.0. The Bertz CT molecular complexity index is 1090. The highest BCUT2D eigenvalue weighted by Gasteiger charge is 2.48. The van der Waals surface area contributed by atoms with E-state index in [0.717, 1.165) is 11.4 Å². The van der Waals surface area contributed by atoms with Crippen LogP contribution in [-0.4, -0.2) is 53.4 Å². The molecule has 0 saturated carbocycles. The van der Waals surface area contributed by atoms with Gasteiger partial charge in [-0.15, -0.1) is 0 Å². The van der Waals surface area contributed by atoms with Crippen LogP contribution in [0.3, 0.4) is 0 Å². The fourth-order valence-corrected chi connectivity index (χ4v) is 4.71. The van der Waals surface area contributed by atoms with Crippen LogP contribution in [0.15, 0.2) is 36.5 Å². The molecule has 1 unspecified atom stereocenters. The highest BCUT2D eigenvalue weighted by Crippen LogP contribution is 2.32. The molecule has 2 aliphatic rings. The Morgan fingerprint density at radius 2 is 1.97 bits per heavy atom. The van der Waals surface area contributed by atoms with E-state index < -0.39 is 17.5 Å². The predicted molar refractivity (Wildman–Crippen MR) is 126 cm³/mol. The third kappa shape index (κ3) is 4.63. The minimum atomic E-state index is -1.30. The maximum Gasteiger partial charge on any atom is 0.322 e. The maximum atomic E-state index is 13.1. The quantitative estimate of drug-likeness (QED) is 0.628. The number of hydrogen-bond acceptors (Lipinski definition) is 5. The van der Waals surface area contributed by atoms with E-state index in [4.69, 9.17) is 23.2 Å². The summed E-state index contributed by atoms with van der Waals surface area (Å²) in [7, 11) is 0. The first-order valence-electron chi connectivity index (χ1n) is 10.8. The number of piperazine rings is 1. The Morgan fingerprint density at radius 3 is 2.58 bits per heavy atom. The second kappa shape index (κ2) is 9.19. The number of hydrogen-bond donors (Lipinski definition) is 2. The number of halogens is 2. The third-order valence-electron chi connectivity index (χ3n) is 6.27. The number of aromatic nitrogens is 1. The van der Waals surface area contributed by atoms with E-state index in [1.54, 1.807) is 29.3 Å². The van der Waals surface area contributed by atoms with Gasteiger partial charge < -0.3 is 15.1 Å². The summed E-state index contributed by atoms with van der Waals surface area (Å²) < 4.78 is 0. The van der Waals surface area contributed by atoms with Crippen molar-refractivity contribution in [2.75, 3.05) is 24.5 Å². The third-order valence-corrected chi connectivity index (χ3v) is 7.01. The van der Waals surface area contributed by atoms with Crippen LogP contribution in [0.1, 0.15) is 31.0 Å². The summed E-state index contributed by atoms with van der Waals surface area (Å²) >= 11 is 12.2. The van der Waals surface area contributed by atoms with Gasteiger partial charge in [0.15, 0.2) is 0 Å². The molecule has 2 N–H and O–H groups in total. The van der Waals surface area contributed by atoms with Gasteiger partial charge in [0, 0.05) is 55.2 Å². The number of rotatable bonds is 5. The number of nitrogens with zero attached hydrogens (tertiary/aromatic N) is 3. The molecule has 0 aliphatic carbocycles. The molecule has 1 aromatic heterocycles. The summed E-state index contributed by atoms with van der Waals surface area (Å²) in [6.07, 6.45) is 1.83. The van der Waals surface area contributed by atoms with E-state index in [9.17, 15) is 14.4 Å². The summed E-state index contributed by atoms with van der Waals surface area (Å²) in [5, 5.41) is 6.01. The number of anilines is 1. The van der Waals surface area contributed by atoms with Gasteiger partial charge in [-0.2, -0.15) is 0 Å². The molecular weight excluding hydrogens is 465 g/mol. The Balaban J connectivity index is 1.43. The van der Waals surface area contributed by atoms with Crippen molar-refractivity contribution in [3.8, 4) is 0 Å². The average Bonchev–Trinajstić information content (AvgIpc) is 3.08. The molecule has 2 aliphatic heterocycles. The van der Waals surface area contributed by atoms with Crippen molar-refractivity contribution in [3.63, 3.8) is 0 Å². The number of carbonyl (C=O) groups excluding carboxylic acids is 3. The van der Waals surface area contributed by atoms with Crippen molar-refractivity contribution in [2.24, 2.45) is 0 Å². The zero-order valence-electron chi connectivity index (χ0n) is 18.4. The largest absolute Gasteiger partial charge is 0.365 e. The molecule has 2 saturated heterocycles. The number of carbonyl (C=O) groups is 3. The standard InChI is InChI=1S/C23H25Cl2N5O3/c1-14-3-4-16(12-26-14)23(21(32)27-22(33)28-23)8-7-20(31)29-9-10-30(15(2)13-29)17-5-6-18(24)19(25)11-17/h3-6,11-12,15H,7-10,13H2,1-2H3,(H2,27,28,32,33)/t15-,23?/m0/s1. The van der Waals surface area contributed by atoms with Crippen molar-refractivity contribution >= 4 is 46.7 Å². The number of imide groups is 1. The number of pyridine rings is 1. The molecule has 4 rings (SSSR count). The number of amides is 4. The highest BCUT2D eigenvalue weighted by molar-refractivity contribution is 6.42. The minimum Gasteiger partial charge on any atom is -0.365 e. The van der Waals surface area contributed by atoms with Gasteiger partial charge in [0.25, 0.3) is 5.91 Å². The zero-order chi connectivity index (χ0) is 23.8. The molecule has 3 heterocycles. The Hall–Kier alpha value is -2.84. The molecular formula is C23H25Cl2N5O3. The van der Waals surface area contributed by atoms with Crippen LogP contribution in [0, 0.1) is 6.92 Å². The molecule has 2 fully saturated rings. The van der Waals surface area contributed by atoms with Gasteiger partial charge in [-0.05, 0) is 44.5 Å². The lowest BCUT2D eigenvalue weighted by Gasteiger charge is -2.41. The lowest BCUT2D eigenvalue weighted by atomic mass is 9.86. The van der Waals surface area contributed by atoms with Crippen molar-refractivity contribution in [3.05, 3.63) is 57.8 Å². The van der Waals surface area contributed by atoms with E-state index in [1.807, 2.05) is 26.0 Å². The molecule has 2 aromatic rings. The van der Waals surface area contributed by atoms with Crippen LogP contribution in [-0.2, 0) is 15.1 Å². The van der Waals surface area contributed by atoms with Crippen LogP contribution in [0.5, 0.6) is 0 Å². The molecule has 33 heavy (non-hydrogen) atoms. The van der Waals surface area contributed by atoms with Gasteiger partial charge in [-0.1, -0.05) is 29.3 Å². The fraction of sp³-hybridized carbons (Fsp3) is 0.391. The molecule has 174 valence electrons. The van der Waals surface area contributed by atoms with E-state index in [-0.39, 0.29) is 24.8 Å². The van der Waals surface area contributed by atoms with Crippen LogP contribution in [0.25, 0.3) is 0 Å². The smallest absolute Gasteiger partial charge is 0.322 e. The number of aryl methyl sites for hydroxylation is 1. The van der Waals surface area contributed by atoms with Crippen LogP contribution < -0.4 is 15.5 Å². The number of benzene rings is 1. The normalized spacial score (nSPS) is 22.8. The van der Waals surface area contributed by atoms with Crippen molar-refractivity contribution < 1.29 is 14.4 Å². The second-order valence-corrected chi connectivity index (χ2v) is 9.30. The van der Waals surface area contributed by atoms with Crippen molar-refractivity contribution in [1.29, 1.82) is 0 Å². The van der Waals surface area contributed by atoms with E-state index in [1.165, 1.54) is 0 Å². The molecule has 0 radical (unpaired) electrons. The van der Waals surface area contributed by atoms with Gasteiger partial charge in [0.2, 0.25) is 5.91 Å². The first kappa shape index (κ1) is 23.3. The van der Waals surface area contributed by atoms with Crippen LogP contribution >= 0.6 is 23.2 Å². The summed E-state index contributed by atoms with van der Waals surface area (Å²) in [6, 6.07) is 8.56. The van der Waals surface area contributed by atoms with Crippen molar-refractivity contribution in [2.45, 2.75) is 38.3 Å². The van der Waals surface area contributed by atoms with E-state index in [2.05, 4.69) is 20.5 Å². The predicted octanol–water partition coefficient (Wildman–Crippen LogP) is 3.25. The monoisotopic (exact) mass is 489 g/mol. The maximum absolute atomic E-state index is 13.1. The lowest BCUT2D eigenvalue weighted by Crippen LogP contribution is -2.54. The Labute approximate surface area is 202 Å². The van der Waals surface area contributed by atoms with E-state index >= 15 is 0 Å². The van der Waals surface area contributed by atoms with Crippen molar-refractivity contribution in [1.82, 2.24) is 20.5 Å². The zero-order valence-corrected chi connectivity index (χ0v) is 19.9. The average molecular weight is 490 g/mol. The SMILES string of the molecule is Cc1ccc(C2(CCC(=O)N3CCN(c4ccc(Cl)c(Cl)c4)[C@@H](C)C3)NC(=O)NC2=O)cn1. The van der Waals surface area contributed by atoms with Gasteiger partial charge in [-0.3, -0.25) is 19.9 Å². The van der Waals surface area contributed by atoms with E-state index in [0.29, 0.717) is 35.2 Å². The molecule has 10 heteroatoms. The van der Waals surface area contributed by atoms with Gasteiger partial charge >= 0.3 is 6.03 Å². The highest BCUT2D eigenvalue weighted by atomic mass is 35.5. The number of nitrogens with one attached hydrogen (secondary N) is 2. The topological polar surface area (TPSA) is 94.6 Å². The number of urea groups is 1.